The molecule has 1 saturated heterocycles. The van der Waals surface area contributed by atoms with Gasteiger partial charge in [-0.05, 0) is 43.4 Å². The van der Waals surface area contributed by atoms with Gasteiger partial charge in [-0.15, -0.1) is 0 Å². The fourth-order valence-corrected chi connectivity index (χ4v) is 3.74. The fourth-order valence-electron chi connectivity index (χ4n) is 3.51. The SMILES string of the molecule is NSNCCC1CCN(c2cc(-c3ccc4c(c3)OCO4)ncn2)CC1. The molecular formula is C18H23N5O2S. The van der Waals surface area contributed by atoms with Gasteiger partial charge in [0.25, 0.3) is 0 Å². The second-order valence-electron chi connectivity index (χ2n) is 6.56. The van der Waals surface area contributed by atoms with Gasteiger partial charge in [0.05, 0.1) is 5.69 Å². The van der Waals surface area contributed by atoms with E-state index < -0.39 is 0 Å². The minimum atomic E-state index is 0.280. The molecule has 3 N–H and O–H groups in total. The maximum absolute atomic E-state index is 5.47. The van der Waals surface area contributed by atoms with Crippen molar-refractivity contribution in [3.8, 4) is 22.8 Å². The Balaban J connectivity index is 1.42. The highest BCUT2D eigenvalue weighted by molar-refractivity contribution is 7.95. The maximum atomic E-state index is 5.47. The molecule has 2 aliphatic rings. The molecule has 0 amide bonds. The van der Waals surface area contributed by atoms with Crippen LogP contribution in [0.4, 0.5) is 5.82 Å². The summed E-state index contributed by atoms with van der Waals surface area (Å²) >= 11 is 1.20. The fraction of sp³-hybridized carbons (Fsp3) is 0.444. The lowest BCUT2D eigenvalue weighted by atomic mass is 9.93. The second kappa shape index (κ2) is 8.11. The Morgan fingerprint density at radius 3 is 2.85 bits per heavy atom. The van der Waals surface area contributed by atoms with Gasteiger partial charge in [-0.1, -0.05) is 0 Å². The lowest BCUT2D eigenvalue weighted by Gasteiger charge is -2.32. The Morgan fingerprint density at radius 2 is 2.00 bits per heavy atom. The first-order valence-corrected chi connectivity index (χ1v) is 9.77. The molecule has 8 heteroatoms. The minimum Gasteiger partial charge on any atom is -0.454 e. The molecule has 1 fully saturated rings. The summed E-state index contributed by atoms with van der Waals surface area (Å²) in [5.74, 6) is 3.29. The van der Waals surface area contributed by atoms with Gasteiger partial charge >= 0.3 is 0 Å². The summed E-state index contributed by atoms with van der Waals surface area (Å²) in [5, 5.41) is 5.40. The van der Waals surface area contributed by atoms with E-state index in [2.05, 4.69) is 25.7 Å². The van der Waals surface area contributed by atoms with Crippen LogP contribution in [-0.2, 0) is 0 Å². The summed E-state index contributed by atoms with van der Waals surface area (Å²) in [5.41, 5.74) is 1.91. The number of fused-ring (bicyclic) bond motifs is 1. The molecule has 1 aromatic heterocycles. The van der Waals surface area contributed by atoms with E-state index >= 15 is 0 Å². The highest BCUT2D eigenvalue weighted by Gasteiger charge is 2.21. The number of hydrogen-bond donors (Lipinski definition) is 2. The van der Waals surface area contributed by atoms with Gasteiger partial charge in [0.15, 0.2) is 11.5 Å². The van der Waals surface area contributed by atoms with Gasteiger partial charge in [-0.3, -0.25) is 9.86 Å². The van der Waals surface area contributed by atoms with Gasteiger partial charge in [0.2, 0.25) is 6.79 Å². The van der Waals surface area contributed by atoms with E-state index in [-0.39, 0.29) is 6.79 Å². The molecule has 2 aromatic rings. The Kier molecular flexibility index (Phi) is 5.42. The first kappa shape index (κ1) is 17.4. The quantitative estimate of drug-likeness (QED) is 0.590. The predicted octanol–water partition coefficient (Wildman–Crippen LogP) is 2.59. The third-order valence-corrected chi connectivity index (χ3v) is 5.37. The predicted molar refractivity (Wildman–Crippen MR) is 103 cm³/mol. The van der Waals surface area contributed by atoms with Crippen molar-refractivity contribution in [1.82, 2.24) is 14.7 Å². The third-order valence-electron chi connectivity index (χ3n) is 5.00. The Labute approximate surface area is 157 Å². The molecule has 138 valence electrons. The van der Waals surface area contributed by atoms with Gasteiger partial charge in [-0.2, -0.15) is 0 Å². The first-order chi connectivity index (χ1) is 12.8. The molecule has 0 saturated carbocycles. The number of anilines is 1. The summed E-state index contributed by atoms with van der Waals surface area (Å²) < 4.78 is 14.0. The number of nitrogens with zero attached hydrogens (tertiary/aromatic N) is 3. The zero-order valence-corrected chi connectivity index (χ0v) is 15.4. The van der Waals surface area contributed by atoms with E-state index in [1.165, 1.54) is 31.4 Å². The lowest BCUT2D eigenvalue weighted by molar-refractivity contribution is 0.174. The number of ether oxygens (including phenoxy) is 2. The molecule has 3 heterocycles. The van der Waals surface area contributed by atoms with Gasteiger partial charge < -0.3 is 14.4 Å². The van der Waals surface area contributed by atoms with E-state index in [1.807, 2.05) is 18.2 Å². The molecule has 0 aliphatic carbocycles. The lowest BCUT2D eigenvalue weighted by Crippen LogP contribution is -2.35. The van der Waals surface area contributed by atoms with Crippen LogP contribution >= 0.6 is 12.1 Å². The van der Waals surface area contributed by atoms with E-state index in [9.17, 15) is 0 Å². The average Bonchev–Trinajstić information content (AvgIpc) is 3.17. The molecule has 2 aliphatic heterocycles. The number of aromatic nitrogens is 2. The van der Waals surface area contributed by atoms with Crippen molar-refractivity contribution in [2.75, 3.05) is 31.3 Å². The smallest absolute Gasteiger partial charge is 0.231 e. The normalized spacial score (nSPS) is 16.9. The summed E-state index contributed by atoms with van der Waals surface area (Å²) in [6.45, 7) is 3.30. The molecule has 0 unspecified atom stereocenters. The van der Waals surface area contributed by atoms with Crippen molar-refractivity contribution < 1.29 is 9.47 Å². The molecule has 1 aromatic carbocycles. The molecule has 0 atom stereocenters. The molecular weight excluding hydrogens is 350 g/mol. The van der Waals surface area contributed by atoms with Crippen molar-refractivity contribution in [2.24, 2.45) is 11.1 Å². The summed E-state index contributed by atoms with van der Waals surface area (Å²) in [4.78, 5) is 11.3. The van der Waals surface area contributed by atoms with Crippen LogP contribution in [-0.4, -0.2) is 36.4 Å². The molecule has 0 bridgehead atoms. The van der Waals surface area contributed by atoms with Gasteiger partial charge in [0.1, 0.15) is 12.1 Å². The van der Waals surface area contributed by atoms with Crippen LogP contribution in [0.1, 0.15) is 19.3 Å². The van der Waals surface area contributed by atoms with Crippen LogP contribution in [0.5, 0.6) is 11.5 Å². The number of hydrogen-bond acceptors (Lipinski definition) is 8. The number of rotatable bonds is 6. The van der Waals surface area contributed by atoms with Gasteiger partial charge in [-0.25, -0.2) is 9.97 Å². The van der Waals surface area contributed by atoms with E-state index in [4.69, 9.17) is 14.6 Å². The van der Waals surface area contributed by atoms with Crippen LogP contribution < -0.4 is 24.2 Å². The largest absolute Gasteiger partial charge is 0.454 e. The molecule has 26 heavy (non-hydrogen) atoms. The number of nitrogens with two attached hydrogens (primary N) is 1. The van der Waals surface area contributed by atoms with Crippen LogP contribution in [0.2, 0.25) is 0 Å². The van der Waals surface area contributed by atoms with Crippen molar-refractivity contribution in [1.29, 1.82) is 0 Å². The van der Waals surface area contributed by atoms with Crippen LogP contribution in [0.3, 0.4) is 0 Å². The summed E-state index contributed by atoms with van der Waals surface area (Å²) in [6.07, 6.45) is 5.18. The Bertz CT molecular complexity index is 752. The van der Waals surface area contributed by atoms with Crippen molar-refractivity contribution >= 4 is 18.0 Å². The van der Waals surface area contributed by atoms with Crippen molar-refractivity contribution in [3.05, 3.63) is 30.6 Å². The molecule has 0 spiro atoms. The summed E-state index contributed by atoms with van der Waals surface area (Å²) in [7, 11) is 0. The number of piperidine rings is 1. The molecule has 7 nitrogen and oxygen atoms in total. The van der Waals surface area contributed by atoms with Gasteiger partial charge in [0, 0.05) is 43.4 Å². The van der Waals surface area contributed by atoms with Crippen LogP contribution in [0.15, 0.2) is 30.6 Å². The average molecular weight is 373 g/mol. The Morgan fingerprint density at radius 1 is 1.15 bits per heavy atom. The maximum Gasteiger partial charge on any atom is 0.231 e. The highest BCUT2D eigenvalue weighted by atomic mass is 32.2. The van der Waals surface area contributed by atoms with E-state index in [0.717, 1.165) is 54.1 Å². The highest BCUT2D eigenvalue weighted by Crippen LogP contribution is 2.36. The molecule has 4 rings (SSSR count). The van der Waals surface area contributed by atoms with Crippen molar-refractivity contribution in [2.45, 2.75) is 19.3 Å². The van der Waals surface area contributed by atoms with Crippen LogP contribution in [0, 0.1) is 5.92 Å². The van der Waals surface area contributed by atoms with Crippen molar-refractivity contribution in [3.63, 3.8) is 0 Å². The first-order valence-electron chi connectivity index (χ1n) is 8.89. The minimum absolute atomic E-state index is 0.280. The number of benzene rings is 1. The van der Waals surface area contributed by atoms with Crippen LogP contribution in [0.25, 0.3) is 11.3 Å². The van der Waals surface area contributed by atoms with E-state index in [0.29, 0.717) is 0 Å². The Hall–Kier alpha value is -2.03. The summed E-state index contributed by atoms with van der Waals surface area (Å²) in [6, 6.07) is 7.97. The number of nitrogens with one attached hydrogen (secondary N) is 1. The standard InChI is InChI=1S/C18H23N5O2S/c19-26-22-6-3-13-4-7-23(8-5-13)18-10-15(20-11-21-18)14-1-2-16-17(9-14)25-12-24-16/h1-2,9-11,13,22H,3-8,12,19H2. The monoisotopic (exact) mass is 373 g/mol. The zero-order chi connectivity index (χ0) is 17.8. The second-order valence-corrected chi connectivity index (χ2v) is 7.09. The topological polar surface area (TPSA) is 85.5 Å². The third kappa shape index (κ3) is 3.87. The molecule has 0 radical (unpaired) electrons. The zero-order valence-electron chi connectivity index (χ0n) is 14.6. The van der Waals surface area contributed by atoms with E-state index in [1.54, 1.807) is 6.33 Å².